The summed E-state index contributed by atoms with van der Waals surface area (Å²) in [7, 11) is 0. The van der Waals surface area contributed by atoms with Gasteiger partial charge in [-0.05, 0) is 102 Å². The van der Waals surface area contributed by atoms with Crippen molar-refractivity contribution in [1.29, 1.82) is 0 Å². The molecule has 0 fully saturated rings. The average Bonchev–Trinajstić information content (AvgIpc) is 3.76. The number of benzene rings is 7. The molecule has 0 bridgehead atoms. The topological polar surface area (TPSA) is 26.0 Å². The molecule has 0 radical (unpaired) electrons. The fraction of sp³-hybridized carbons (Fsp3) is 0.109. The van der Waals surface area contributed by atoms with Gasteiger partial charge in [0.05, 0.1) is 33.4 Å². The molecule has 0 saturated heterocycles. The lowest BCUT2D eigenvalue weighted by Crippen LogP contribution is -2.17. The SMILES string of the molecule is CC(C)(C)c1ccccc1-c1cc(-n2c3cccc4c3c3c5c(ccc32)c(N(C2=CC=CCC2)c2ccccc2)cc2c5c3c-4cccc3n2-c2ccccc2)ccn1. The summed E-state index contributed by atoms with van der Waals surface area (Å²) in [6.45, 7) is 6.84. The molecule has 12 rings (SSSR count). The van der Waals surface area contributed by atoms with E-state index in [1.807, 2.05) is 6.20 Å². The van der Waals surface area contributed by atoms with Gasteiger partial charge in [0.15, 0.2) is 0 Å². The summed E-state index contributed by atoms with van der Waals surface area (Å²) < 4.78 is 4.98. The van der Waals surface area contributed by atoms with Crippen molar-refractivity contribution in [3.05, 3.63) is 187 Å². The summed E-state index contributed by atoms with van der Waals surface area (Å²) in [5.41, 5.74) is 16.7. The van der Waals surface area contributed by atoms with Crippen molar-refractivity contribution in [3.8, 4) is 33.8 Å². The van der Waals surface area contributed by atoms with E-state index in [1.165, 1.54) is 88.0 Å². The smallest absolute Gasteiger partial charge is 0.0725 e. The lowest BCUT2D eigenvalue weighted by molar-refractivity contribution is 0.592. The first-order valence-electron chi connectivity index (χ1n) is 20.8. The van der Waals surface area contributed by atoms with Crippen LogP contribution in [0.2, 0.25) is 0 Å². The standard InChI is InChI=1S/C55H42N4/c1-55(2,3)43-26-14-13-23-41(43)44-33-38(31-32-56-44)59-46-28-16-24-39-40-25-15-27-45-51(40)54-49(58(45)37-21-11-6-12-22-37)34-48(42-29-30-47(59)53(50(39)46)52(42)54)57(35-17-7-4-8-18-35)36-19-9-5-10-20-36/h4-9,11-19,21-34H,10,20H2,1-3H3. The van der Waals surface area contributed by atoms with Crippen molar-refractivity contribution in [3.63, 3.8) is 0 Å². The van der Waals surface area contributed by atoms with Crippen molar-refractivity contribution >= 4 is 65.8 Å². The molecule has 59 heavy (non-hydrogen) atoms. The first-order valence-corrected chi connectivity index (χ1v) is 20.8. The zero-order valence-electron chi connectivity index (χ0n) is 33.4. The summed E-state index contributed by atoms with van der Waals surface area (Å²) in [4.78, 5) is 7.52. The summed E-state index contributed by atoms with van der Waals surface area (Å²) in [5.74, 6) is 0. The number of nitrogens with zero attached hydrogens (tertiary/aromatic N) is 4. The van der Waals surface area contributed by atoms with E-state index in [-0.39, 0.29) is 5.41 Å². The van der Waals surface area contributed by atoms with Gasteiger partial charge in [0, 0.05) is 66.8 Å². The number of fused-ring (bicyclic) bond motifs is 1. The Morgan fingerprint density at radius 3 is 1.90 bits per heavy atom. The first kappa shape index (κ1) is 33.9. The van der Waals surface area contributed by atoms with Gasteiger partial charge in [-0.3, -0.25) is 4.98 Å². The Balaban J connectivity index is 1.26. The van der Waals surface area contributed by atoms with E-state index in [1.54, 1.807) is 0 Å². The van der Waals surface area contributed by atoms with E-state index >= 15 is 0 Å². The Kier molecular flexibility index (Phi) is 7.28. The molecule has 0 unspecified atom stereocenters. The Morgan fingerprint density at radius 2 is 1.19 bits per heavy atom. The number of allylic oxidation sites excluding steroid dienone is 4. The van der Waals surface area contributed by atoms with Crippen LogP contribution in [-0.4, -0.2) is 14.1 Å². The van der Waals surface area contributed by atoms with E-state index in [0.717, 1.165) is 35.6 Å². The zero-order valence-corrected chi connectivity index (χ0v) is 33.4. The molecule has 0 spiro atoms. The highest BCUT2D eigenvalue weighted by molar-refractivity contribution is 6.40. The maximum Gasteiger partial charge on any atom is 0.0725 e. The highest BCUT2D eigenvalue weighted by Gasteiger charge is 2.30. The predicted molar refractivity (Wildman–Crippen MR) is 249 cm³/mol. The molecule has 10 aromatic rings. The van der Waals surface area contributed by atoms with Crippen LogP contribution < -0.4 is 4.90 Å². The molecule has 0 aliphatic heterocycles. The average molecular weight is 759 g/mol. The quantitative estimate of drug-likeness (QED) is 0.169. The molecule has 0 N–H and O–H groups in total. The Hall–Kier alpha value is -7.17. The van der Waals surface area contributed by atoms with Crippen LogP contribution >= 0.6 is 0 Å². The highest BCUT2D eigenvalue weighted by atomic mass is 15.2. The van der Waals surface area contributed by atoms with Gasteiger partial charge < -0.3 is 14.0 Å². The molecular formula is C55H42N4. The first-order chi connectivity index (χ1) is 29.0. The molecule has 3 aromatic heterocycles. The van der Waals surface area contributed by atoms with E-state index in [4.69, 9.17) is 4.98 Å². The Morgan fingerprint density at radius 1 is 0.542 bits per heavy atom. The van der Waals surface area contributed by atoms with E-state index < -0.39 is 0 Å². The second-order valence-electron chi connectivity index (χ2n) is 17.1. The minimum atomic E-state index is -0.0263. The Bertz CT molecular complexity index is 3410. The van der Waals surface area contributed by atoms with Crippen LogP contribution in [0.5, 0.6) is 0 Å². The third kappa shape index (κ3) is 4.93. The number of rotatable bonds is 6. The van der Waals surface area contributed by atoms with Gasteiger partial charge in [-0.2, -0.15) is 0 Å². The molecule has 2 aliphatic carbocycles. The maximum atomic E-state index is 5.00. The van der Waals surface area contributed by atoms with Crippen molar-refractivity contribution in [2.75, 3.05) is 4.90 Å². The number of hydrogen-bond donors (Lipinski definition) is 0. The fourth-order valence-electron chi connectivity index (χ4n) is 10.2. The van der Waals surface area contributed by atoms with Crippen LogP contribution in [0.15, 0.2) is 182 Å². The van der Waals surface area contributed by atoms with E-state index in [0.29, 0.717) is 0 Å². The molecule has 0 saturated carbocycles. The number of hydrogen-bond acceptors (Lipinski definition) is 2. The van der Waals surface area contributed by atoms with E-state index in [2.05, 4.69) is 205 Å². The number of pyridine rings is 1. The fourth-order valence-corrected chi connectivity index (χ4v) is 10.2. The van der Waals surface area contributed by atoms with Crippen LogP contribution in [0, 0.1) is 0 Å². The largest absolute Gasteiger partial charge is 0.314 e. The summed E-state index contributed by atoms with van der Waals surface area (Å²) >= 11 is 0. The maximum absolute atomic E-state index is 5.00. The monoisotopic (exact) mass is 758 g/mol. The highest BCUT2D eigenvalue weighted by Crippen LogP contribution is 2.54. The van der Waals surface area contributed by atoms with Gasteiger partial charge in [-0.1, -0.05) is 124 Å². The zero-order chi connectivity index (χ0) is 39.4. The summed E-state index contributed by atoms with van der Waals surface area (Å²) in [6.07, 6.45) is 10.8. The predicted octanol–water partition coefficient (Wildman–Crippen LogP) is 14.7. The Labute approximate surface area is 343 Å². The van der Waals surface area contributed by atoms with Crippen molar-refractivity contribution in [2.45, 2.75) is 39.0 Å². The van der Waals surface area contributed by atoms with Gasteiger partial charge in [0.1, 0.15) is 0 Å². The normalized spacial score (nSPS) is 13.6. The van der Waals surface area contributed by atoms with Crippen molar-refractivity contribution in [1.82, 2.24) is 14.1 Å². The number of aromatic nitrogens is 3. The van der Waals surface area contributed by atoms with Gasteiger partial charge >= 0.3 is 0 Å². The van der Waals surface area contributed by atoms with Gasteiger partial charge in [0.25, 0.3) is 0 Å². The van der Waals surface area contributed by atoms with E-state index in [9.17, 15) is 0 Å². The van der Waals surface area contributed by atoms with Crippen LogP contribution in [0.4, 0.5) is 11.4 Å². The molecule has 4 nitrogen and oxygen atoms in total. The lowest BCUT2D eigenvalue weighted by Gasteiger charge is -2.30. The molecule has 0 atom stereocenters. The minimum Gasteiger partial charge on any atom is -0.314 e. The minimum absolute atomic E-state index is 0.0263. The van der Waals surface area contributed by atoms with Gasteiger partial charge in [-0.15, -0.1) is 0 Å². The summed E-state index contributed by atoms with van der Waals surface area (Å²) in [6, 6.07) is 56.1. The molecular weight excluding hydrogens is 717 g/mol. The van der Waals surface area contributed by atoms with Crippen LogP contribution in [0.3, 0.4) is 0 Å². The molecule has 4 heteroatoms. The molecule has 2 aliphatic rings. The lowest BCUT2D eigenvalue weighted by atomic mass is 9.83. The summed E-state index contributed by atoms with van der Waals surface area (Å²) in [5, 5.41) is 7.75. The third-order valence-electron chi connectivity index (χ3n) is 12.6. The van der Waals surface area contributed by atoms with Gasteiger partial charge in [-0.25, -0.2) is 0 Å². The van der Waals surface area contributed by atoms with Gasteiger partial charge in [0.2, 0.25) is 0 Å². The van der Waals surface area contributed by atoms with Crippen LogP contribution in [-0.2, 0) is 5.41 Å². The molecule has 7 aromatic carbocycles. The van der Waals surface area contributed by atoms with Crippen molar-refractivity contribution in [2.24, 2.45) is 0 Å². The third-order valence-corrected chi connectivity index (χ3v) is 12.6. The van der Waals surface area contributed by atoms with Crippen LogP contribution in [0.25, 0.3) is 88.1 Å². The second-order valence-corrected chi connectivity index (χ2v) is 17.1. The number of para-hydroxylation sites is 2. The molecule has 3 heterocycles. The number of anilines is 2. The second kappa shape index (κ2) is 12.7. The van der Waals surface area contributed by atoms with Crippen molar-refractivity contribution < 1.29 is 0 Å². The molecule has 282 valence electrons. The molecule has 0 amide bonds. The van der Waals surface area contributed by atoms with Crippen LogP contribution in [0.1, 0.15) is 39.2 Å².